The molecule has 1 aliphatic carbocycles. The van der Waals surface area contributed by atoms with Crippen LogP contribution >= 0.6 is 0 Å². The van der Waals surface area contributed by atoms with Gasteiger partial charge in [0.25, 0.3) is 0 Å². The molecule has 0 heterocycles. The quantitative estimate of drug-likeness (QED) is 0.761. The van der Waals surface area contributed by atoms with Crippen molar-refractivity contribution in [2.75, 3.05) is 6.54 Å². The lowest BCUT2D eigenvalue weighted by molar-refractivity contribution is 0.248. The van der Waals surface area contributed by atoms with Crippen LogP contribution in [0.2, 0.25) is 0 Å². The molecule has 0 bridgehead atoms. The minimum Gasteiger partial charge on any atom is -0.313 e. The first-order chi connectivity index (χ1) is 9.88. The Morgan fingerprint density at radius 1 is 1.29 bits per heavy atom. The Hall–Kier alpha value is -0.910. The van der Waals surface area contributed by atoms with Crippen molar-refractivity contribution in [1.82, 2.24) is 10.0 Å². The molecule has 0 saturated heterocycles. The van der Waals surface area contributed by atoms with E-state index in [4.69, 9.17) is 0 Å². The van der Waals surface area contributed by atoms with Crippen molar-refractivity contribution in [3.63, 3.8) is 0 Å². The predicted octanol–water partition coefficient (Wildman–Crippen LogP) is 2.72. The highest BCUT2D eigenvalue weighted by Crippen LogP contribution is 2.33. The summed E-state index contributed by atoms with van der Waals surface area (Å²) < 4.78 is 28.1. The Morgan fingerprint density at radius 3 is 2.57 bits per heavy atom. The van der Waals surface area contributed by atoms with E-state index < -0.39 is 10.0 Å². The van der Waals surface area contributed by atoms with E-state index in [0.717, 1.165) is 43.4 Å². The Kier molecular flexibility index (Phi) is 5.07. The highest BCUT2D eigenvalue weighted by Gasteiger charge is 2.36. The zero-order valence-electron chi connectivity index (χ0n) is 13.2. The molecule has 0 unspecified atom stereocenters. The molecule has 1 saturated carbocycles. The van der Waals surface area contributed by atoms with Crippen molar-refractivity contribution in [3.05, 3.63) is 29.3 Å². The van der Waals surface area contributed by atoms with Crippen molar-refractivity contribution < 1.29 is 8.42 Å². The largest absolute Gasteiger partial charge is 0.313 e. The fourth-order valence-corrected chi connectivity index (χ4v) is 4.49. The molecule has 1 aliphatic rings. The van der Waals surface area contributed by atoms with Crippen LogP contribution in [0.25, 0.3) is 0 Å². The second-order valence-corrected chi connectivity index (χ2v) is 7.89. The van der Waals surface area contributed by atoms with Crippen LogP contribution in [0, 0.1) is 6.92 Å². The summed E-state index contributed by atoms with van der Waals surface area (Å²) in [6.45, 7) is 7.63. The van der Waals surface area contributed by atoms with E-state index in [1.807, 2.05) is 26.0 Å². The molecular formula is C16H26N2O2S. The van der Waals surface area contributed by atoms with Gasteiger partial charge >= 0.3 is 0 Å². The van der Waals surface area contributed by atoms with E-state index in [1.54, 1.807) is 6.07 Å². The molecule has 1 fully saturated rings. The zero-order valence-corrected chi connectivity index (χ0v) is 14.0. The van der Waals surface area contributed by atoms with Crippen LogP contribution in [0.4, 0.5) is 0 Å². The lowest BCUT2D eigenvalue weighted by Crippen LogP contribution is -2.50. The Bertz CT molecular complexity index is 592. The minimum atomic E-state index is -3.44. The molecule has 0 radical (unpaired) electrons. The highest BCUT2D eigenvalue weighted by molar-refractivity contribution is 7.89. The first-order valence-corrected chi connectivity index (χ1v) is 9.19. The number of benzene rings is 1. The van der Waals surface area contributed by atoms with Gasteiger partial charge < -0.3 is 5.32 Å². The van der Waals surface area contributed by atoms with Gasteiger partial charge in [-0.25, -0.2) is 13.1 Å². The molecule has 5 heteroatoms. The Balaban J connectivity index is 2.20. The molecule has 4 nitrogen and oxygen atoms in total. The summed E-state index contributed by atoms with van der Waals surface area (Å²) in [4.78, 5) is 0.409. The van der Waals surface area contributed by atoms with Crippen LogP contribution in [-0.2, 0) is 16.6 Å². The third kappa shape index (κ3) is 3.84. The van der Waals surface area contributed by atoms with Crippen LogP contribution in [0.15, 0.2) is 23.1 Å². The average molecular weight is 310 g/mol. The van der Waals surface area contributed by atoms with E-state index in [1.165, 1.54) is 0 Å². The van der Waals surface area contributed by atoms with Gasteiger partial charge in [0.2, 0.25) is 10.0 Å². The third-order valence-electron chi connectivity index (χ3n) is 4.27. The van der Waals surface area contributed by atoms with Gasteiger partial charge in [-0.3, -0.25) is 0 Å². The molecule has 0 amide bonds. The maximum Gasteiger partial charge on any atom is 0.241 e. The van der Waals surface area contributed by atoms with Crippen molar-refractivity contribution in [1.29, 1.82) is 0 Å². The van der Waals surface area contributed by atoms with Crippen molar-refractivity contribution in [3.8, 4) is 0 Å². The Labute approximate surface area is 128 Å². The lowest BCUT2D eigenvalue weighted by atomic mass is 9.80. The maximum atomic E-state index is 12.6. The average Bonchev–Trinajstić information content (AvgIpc) is 2.38. The van der Waals surface area contributed by atoms with Crippen LogP contribution in [-0.4, -0.2) is 20.5 Å². The molecule has 0 aliphatic heterocycles. The van der Waals surface area contributed by atoms with Crippen molar-refractivity contribution in [2.24, 2.45) is 0 Å². The number of hydrogen-bond donors (Lipinski definition) is 2. The van der Waals surface area contributed by atoms with Gasteiger partial charge in [-0.1, -0.05) is 19.1 Å². The monoisotopic (exact) mass is 310 g/mol. The Morgan fingerprint density at radius 2 is 2.00 bits per heavy atom. The molecule has 2 rings (SSSR count). The van der Waals surface area contributed by atoms with Crippen LogP contribution in [0.1, 0.15) is 50.7 Å². The normalized spacial score (nSPS) is 17.5. The number of sulfonamides is 1. The summed E-state index contributed by atoms with van der Waals surface area (Å²) in [6.07, 6.45) is 4.00. The van der Waals surface area contributed by atoms with E-state index in [-0.39, 0.29) is 5.54 Å². The summed E-state index contributed by atoms with van der Waals surface area (Å²) in [7, 11) is -3.44. The van der Waals surface area contributed by atoms with Gasteiger partial charge in [0, 0.05) is 12.1 Å². The van der Waals surface area contributed by atoms with Crippen molar-refractivity contribution in [2.45, 2.75) is 63.4 Å². The topological polar surface area (TPSA) is 58.2 Å². The molecule has 0 atom stereocenters. The van der Waals surface area contributed by atoms with Gasteiger partial charge in [0.15, 0.2) is 0 Å². The smallest absolute Gasteiger partial charge is 0.241 e. The van der Waals surface area contributed by atoms with Crippen LogP contribution in [0.3, 0.4) is 0 Å². The van der Waals surface area contributed by atoms with Crippen molar-refractivity contribution >= 4 is 10.0 Å². The molecule has 0 aromatic heterocycles. The molecule has 21 heavy (non-hydrogen) atoms. The highest BCUT2D eigenvalue weighted by atomic mass is 32.2. The lowest BCUT2D eigenvalue weighted by Gasteiger charge is -2.38. The second kappa shape index (κ2) is 6.46. The molecule has 1 aromatic carbocycles. The van der Waals surface area contributed by atoms with Gasteiger partial charge in [0.05, 0.1) is 4.90 Å². The molecular weight excluding hydrogens is 284 g/mol. The molecule has 2 N–H and O–H groups in total. The summed E-state index contributed by atoms with van der Waals surface area (Å²) in [5.41, 5.74) is 1.63. The summed E-state index contributed by atoms with van der Waals surface area (Å²) in [5, 5.41) is 3.33. The second-order valence-electron chi connectivity index (χ2n) is 6.24. The SMILES string of the molecule is CCCNCc1cccc(S(=O)(=O)NC2(C)CCC2)c1C. The van der Waals surface area contributed by atoms with Gasteiger partial charge in [-0.05, 0) is 63.3 Å². The minimum absolute atomic E-state index is 0.262. The first kappa shape index (κ1) is 16.5. The van der Waals surface area contributed by atoms with Gasteiger partial charge in [-0.15, -0.1) is 0 Å². The number of hydrogen-bond acceptors (Lipinski definition) is 3. The summed E-state index contributed by atoms with van der Waals surface area (Å²) in [5.74, 6) is 0. The van der Waals surface area contributed by atoms with Gasteiger partial charge in [-0.2, -0.15) is 0 Å². The fraction of sp³-hybridized carbons (Fsp3) is 0.625. The third-order valence-corrected chi connectivity index (χ3v) is 6.05. The van der Waals surface area contributed by atoms with E-state index in [2.05, 4.69) is 17.0 Å². The van der Waals surface area contributed by atoms with E-state index >= 15 is 0 Å². The standard InChI is InChI=1S/C16H26N2O2S/c1-4-11-17-12-14-7-5-8-15(13(14)2)21(19,20)18-16(3)9-6-10-16/h5,7-8,17-18H,4,6,9-12H2,1-3H3. The molecule has 1 aromatic rings. The predicted molar refractivity (Wildman–Crippen MR) is 85.8 cm³/mol. The fourth-order valence-electron chi connectivity index (χ4n) is 2.73. The summed E-state index contributed by atoms with van der Waals surface area (Å²) in [6, 6.07) is 5.51. The van der Waals surface area contributed by atoms with Gasteiger partial charge in [0.1, 0.15) is 0 Å². The van der Waals surface area contributed by atoms with Crippen LogP contribution in [0.5, 0.6) is 0 Å². The zero-order chi connectivity index (χ0) is 15.5. The maximum absolute atomic E-state index is 12.6. The number of nitrogens with one attached hydrogen (secondary N) is 2. The number of rotatable bonds is 7. The molecule has 0 spiro atoms. The van der Waals surface area contributed by atoms with E-state index in [0.29, 0.717) is 11.4 Å². The molecule has 118 valence electrons. The summed E-state index contributed by atoms with van der Waals surface area (Å²) >= 11 is 0. The van der Waals surface area contributed by atoms with Crippen LogP contribution < -0.4 is 10.0 Å². The first-order valence-electron chi connectivity index (χ1n) is 7.71. The van der Waals surface area contributed by atoms with E-state index in [9.17, 15) is 8.42 Å².